The summed E-state index contributed by atoms with van der Waals surface area (Å²) in [4.78, 5) is 2.24. The predicted molar refractivity (Wildman–Crippen MR) is 64.5 cm³/mol. The van der Waals surface area contributed by atoms with Crippen LogP contribution in [-0.2, 0) is 10.0 Å². The highest BCUT2D eigenvalue weighted by Gasteiger charge is 2.22. The number of likely N-dealkylation sites (tertiary alicyclic amines) is 1. The van der Waals surface area contributed by atoms with E-state index in [1.54, 1.807) is 0 Å². The average molecular weight is 245 g/mol. The molecule has 0 bridgehead atoms. The molecule has 1 N–H and O–H groups in total. The lowest BCUT2D eigenvalue weighted by molar-refractivity contribution is 0.358. The highest BCUT2D eigenvalue weighted by molar-refractivity contribution is 7.89. The molecule has 1 saturated carbocycles. The molecule has 1 heterocycles. The Morgan fingerprint density at radius 3 is 2.69 bits per heavy atom. The molecule has 2 fully saturated rings. The molecule has 1 aliphatic carbocycles. The molecule has 0 amide bonds. The van der Waals surface area contributed by atoms with Gasteiger partial charge in [-0.05, 0) is 51.6 Å². The largest absolute Gasteiger partial charge is 0.302 e. The highest BCUT2D eigenvalue weighted by atomic mass is 32.2. The van der Waals surface area contributed by atoms with Crippen molar-refractivity contribution >= 4 is 10.0 Å². The summed E-state index contributed by atoms with van der Waals surface area (Å²) in [7, 11) is -3.06. The zero-order valence-corrected chi connectivity index (χ0v) is 10.5. The van der Waals surface area contributed by atoms with E-state index in [0.717, 1.165) is 32.4 Å². The van der Waals surface area contributed by atoms with Gasteiger partial charge in [-0.15, -0.1) is 0 Å². The van der Waals surface area contributed by atoms with Crippen LogP contribution in [0.2, 0.25) is 0 Å². The normalized spacial score (nSPS) is 24.2. The minimum absolute atomic E-state index is 0.156. The van der Waals surface area contributed by atoms with Crippen LogP contribution >= 0.6 is 0 Å². The van der Waals surface area contributed by atoms with Crippen molar-refractivity contribution in [2.24, 2.45) is 0 Å². The van der Waals surface area contributed by atoms with Crippen molar-refractivity contribution in [3.05, 3.63) is 6.42 Å². The predicted octanol–water partition coefficient (Wildman–Crippen LogP) is 0.758. The van der Waals surface area contributed by atoms with Gasteiger partial charge < -0.3 is 4.90 Å². The van der Waals surface area contributed by atoms with Gasteiger partial charge in [0.15, 0.2) is 0 Å². The summed E-state index contributed by atoms with van der Waals surface area (Å²) in [5, 5.41) is 0. The zero-order valence-electron chi connectivity index (χ0n) is 9.69. The van der Waals surface area contributed by atoms with E-state index in [4.69, 9.17) is 0 Å². The van der Waals surface area contributed by atoms with Crippen molar-refractivity contribution in [2.75, 3.05) is 25.4 Å². The van der Waals surface area contributed by atoms with Gasteiger partial charge in [-0.1, -0.05) is 0 Å². The summed E-state index contributed by atoms with van der Waals surface area (Å²) >= 11 is 0. The summed E-state index contributed by atoms with van der Waals surface area (Å²) in [6.07, 6.45) is 7.48. The molecule has 1 unspecified atom stereocenters. The molecule has 0 aromatic heterocycles. The van der Waals surface area contributed by atoms with Gasteiger partial charge >= 0.3 is 0 Å². The zero-order chi connectivity index (χ0) is 11.4. The van der Waals surface area contributed by atoms with E-state index in [1.165, 1.54) is 12.8 Å². The maximum Gasteiger partial charge on any atom is 0.213 e. The third-order valence-electron chi connectivity index (χ3n) is 3.39. The van der Waals surface area contributed by atoms with Gasteiger partial charge in [0.2, 0.25) is 10.0 Å². The first-order chi connectivity index (χ1) is 7.66. The SMILES string of the molecule is O=S(=O)(CCN1CCCC1)NC1C[CH]CC1. The van der Waals surface area contributed by atoms with Gasteiger partial charge in [0.25, 0.3) is 0 Å². The van der Waals surface area contributed by atoms with E-state index in [9.17, 15) is 8.42 Å². The molecule has 1 saturated heterocycles. The van der Waals surface area contributed by atoms with Crippen LogP contribution in [0.1, 0.15) is 32.1 Å². The Morgan fingerprint density at radius 2 is 2.06 bits per heavy atom. The molecular weight excluding hydrogens is 224 g/mol. The van der Waals surface area contributed by atoms with Crippen LogP contribution in [-0.4, -0.2) is 44.7 Å². The Hall–Kier alpha value is -0.130. The van der Waals surface area contributed by atoms with E-state index < -0.39 is 10.0 Å². The maximum atomic E-state index is 11.8. The summed E-state index contributed by atoms with van der Waals surface area (Å²) in [5.41, 5.74) is 0. The van der Waals surface area contributed by atoms with E-state index >= 15 is 0 Å². The van der Waals surface area contributed by atoms with Crippen molar-refractivity contribution in [1.82, 2.24) is 9.62 Å². The molecule has 0 aromatic rings. The summed E-state index contributed by atoms with van der Waals surface area (Å²) in [6, 6.07) is 0.156. The lowest BCUT2D eigenvalue weighted by Crippen LogP contribution is -2.38. The van der Waals surface area contributed by atoms with Crippen LogP contribution in [0, 0.1) is 6.42 Å². The molecule has 16 heavy (non-hydrogen) atoms. The number of nitrogens with one attached hydrogen (secondary N) is 1. The van der Waals surface area contributed by atoms with Gasteiger partial charge in [0, 0.05) is 12.6 Å². The van der Waals surface area contributed by atoms with Crippen molar-refractivity contribution < 1.29 is 8.42 Å². The topological polar surface area (TPSA) is 49.4 Å². The van der Waals surface area contributed by atoms with Crippen LogP contribution in [0.3, 0.4) is 0 Å². The molecule has 0 spiro atoms. The minimum atomic E-state index is -3.06. The summed E-state index contributed by atoms with van der Waals surface area (Å²) < 4.78 is 26.4. The number of hydrogen-bond donors (Lipinski definition) is 1. The molecule has 4 nitrogen and oxygen atoms in total. The number of sulfonamides is 1. The monoisotopic (exact) mass is 245 g/mol. The molecule has 2 aliphatic rings. The van der Waals surface area contributed by atoms with Crippen LogP contribution < -0.4 is 4.72 Å². The quantitative estimate of drug-likeness (QED) is 0.778. The Balaban J connectivity index is 1.73. The average Bonchev–Trinajstić information content (AvgIpc) is 2.85. The second kappa shape index (κ2) is 5.47. The molecule has 0 aromatic carbocycles. The van der Waals surface area contributed by atoms with E-state index in [1.807, 2.05) is 0 Å². The van der Waals surface area contributed by atoms with Crippen molar-refractivity contribution in [3.63, 3.8) is 0 Å². The molecule has 1 atom stereocenters. The van der Waals surface area contributed by atoms with Gasteiger partial charge in [-0.3, -0.25) is 0 Å². The number of rotatable bonds is 5. The first-order valence-electron chi connectivity index (χ1n) is 6.20. The number of nitrogens with zero attached hydrogens (tertiary/aromatic N) is 1. The van der Waals surface area contributed by atoms with Gasteiger partial charge in [-0.25, -0.2) is 13.1 Å². The van der Waals surface area contributed by atoms with E-state index in [-0.39, 0.29) is 11.8 Å². The lowest BCUT2D eigenvalue weighted by Gasteiger charge is -2.16. The Bertz CT molecular complexity index is 304. The smallest absolute Gasteiger partial charge is 0.213 e. The molecule has 2 rings (SSSR count). The second-order valence-electron chi connectivity index (χ2n) is 4.78. The van der Waals surface area contributed by atoms with Gasteiger partial charge in [-0.2, -0.15) is 0 Å². The van der Waals surface area contributed by atoms with Gasteiger partial charge in [0.1, 0.15) is 0 Å². The molecule has 5 heteroatoms. The van der Waals surface area contributed by atoms with Crippen LogP contribution in [0.15, 0.2) is 0 Å². The van der Waals surface area contributed by atoms with Crippen LogP contribution in [0.25, 0.3) is 0 Å². The molecule has 93 valence electrons. The second-order valence-corrected chi connectivity index (χ2v) is 6.66. The van der Waals surface area contributed by atoms with Crippen LogP contribution in [0.5, 0.6) is 0 Å². The minimum Gasteiger partial charge on any atom is -0.302 e. The summed E-state index contributed by atoms with van der Waals surface area (Å²) in [5.74, 6) is 0.253. The third kappa shape index (κ3) is 3.71. The Kier molecular flexibility index (Phi) is 4.21. The molecular formula is C11H21N2O2S. The van der Waals surface area contributed by atoms with Crippen molar-refractivity contribution in [2.45, 2.75) is 38.1 Å². The van der Waals surface area contributed by atoms with Crippen molar-refractivity contribution in [1.29, 1.82) is 0 Å². The number of hydrogen-bond acceptors (Lipinski definition) is 3. The fourth-order valence-electron chi connectivity index (χ4n) is 2.43. The molecule has 1 radical (unpaired) electrons. The lowest BCUT2D eigenvalue weighted by atomic mass is 10.3. The maximum absolute atomic E-state index is 11.8. The van der Waals surface area contributed by atoms with Crippen molar-refractivity contribution in [3.8, 4) is 0 Å². The van der Waals surface area contributed by atoms with E-state index in [2.05, 4.69) is 16.0 Å². The summed E-state index contributed by atoms with van der Waals surface area (Å²) in [6.45, 7) is 2.81. The van der Waals surface area contributed by atoms with Gasteiger partial charge in [0.05, 0.1) is 5.75 Å². The first-order valence-corrected chi connectivity index (χ1v) is 7.85. The highest BCUT2D eigenvalue weighted by Crippen LogP contribution is 2.17. The van der Waals surface area contributed by atoms with E-state index in [0.29, 0.717) is 6.54 Å². The fourth-order valence-corrected chi connectivity index (χ4v) is 3.77. The Labute approximate surface area is 98.4 Å². The molecule has 1 aliphatic heterocycles. The Morgan fingerprint density at radius 1 is 1.31 bits per heavy atom. The van der Waals surface area contributed by atoms with Crippen LogP contribution in [0.4, 0.5) is 0 Å². The third-order valence-corrected chi connectivity index (χ3v) is 4.80. The first kappa shape index (κ1) is 12.3. The fraction of sp³-hybridized carbons (Fsp3) is 0.909. The standard InChI is InChI=1S/C11H21N2O2S/c14-16(15,12-11-5-1-2-6-11)10-9-13-7-3-4-8-13/h1,11-12H,2-10H2.